The van der Waals surface area contributed by atoms with Crippen molar-refractivity contribution in [2.45, 2.75) is 53.6 Å². The minimum absolute atomic E-state index is 0.517. The standard InChI is InChI=1S/C15H28N4O/c1-7-16-15-17-13(6)10-14(18-15)20-9-8-19(11(2)3)12(4)5/h10-12H,7-9H2,1-6H3,(H,16,17,18). The fourth-order valence-electron chi connectivity index (χ4n) is 2.22. The fourth-order valence-corrected chi connectivity index (χ4v) is 2.22. The van der Waals surface area contributed by atoms with Crippen molar-refractivity contribution >= 4 is 5.95 Å². The lowest BCUT2D eigenvalue weighted by atomic mass is 10.2. The van der Waals surface area contributed by atoms with E-state index in [1.54, 1.807) is 0 Å². The molecule has 0 spiro atoms. The van der Waals surface area contributed by atoms with Crippen LogP contribution >= 0.6 is 0 Å². The summed E-state index contributed by atoms with van der Waals surface area (Å²) in [6.45, 7) is 15.1. The van der Waals surface area contributed by atoms with Crippen LogP contribution in [0, 0.1) is 6.92 Å². The molecular formula is C15H28N4O. The Bertz CT molecular complexity index is 399. The Balaban J connectivity index is 2.56. The Kier molecular flexibility index (Phi) is 6.71. The summed E-state index contributed by atoms with van der Waals surface area (Å²) in [5.41, 5.74) is 0.913. The molecule has 5 heteroatoms. The predicted octanol–water partition coefficient (Wildman–Crippen LogP) is 2.71. The van der Waals surface area contributed by atoms with Crippen molar-refractivity contribution in [1.82, 2.24) is 14.9 Å². The summed E-state index contributed by atoms with van der Waals surface area (Å²) < 4.78 is 5.77. The lowest BCUT2D eigenvalue weighted by Crippen LogP contribution is -2.39. The smallest absolute Gasteiger partial charge is 0.226 e. The molecule has 0 aliphatic carbocycles. The molecule has 5 nitrogen and oxygen atoms in total. The summed E-state index contributed by atoms with van der Waals surface area (Å²) in [7, 11) is 0. The van der Waals surface area contributed by atoms with Gasteiger partial charge in [0.05, 0.1) is 0 Å². The Morgan fingerprint density at radius 3 is 2.40 bits per heavy atom. The number of aryl methyl sites for hydroxylation is 1. The first kappa shape index (κ1) is 16.7. The highest BCUT2D eigenvalue weighted by Crippen LogP contribution is 2.12. The highest BCUT2D eigenvalue weighted by Gasteiger charge is 2.13. The molecule has 1 aromatic heterocycles. The zero-order valence-corrected chi connectivity index (χ0v) is 13.6. The molecule has 0 fully saturated rings. The Hall–Kier alpha value is -1.36. The second kappa shape index (κ2) is 8.04. The van der Waals surface area contributed by atoms with E-state index in [9.17, 15) is 0 Å². The number of nitrogens with zero attached hydrogens (tertiary/aromatic N) is 3. The number of anilines is 1. The first-order chi connectivity index (χ1) is 9.43. The maximum Gasteiger partial charge on any atom is 0.226 e. The van der Waals surface area contributed by atoms with E-state index < -0.39 is 0 Å². The maximum atomic E-state index is 5.77. The van der Waals surface area contributed by atoms with Gasteiger partial charge in [-0.3, -0.25) is 4.90 Å². The van der Waals surface area contributed by atoms with Crippen molar-refractivity contribution < 1.29 is 4.74 Å². The zero-order chi connectivity index (χ0) is 15.1. The molecule has 0 atom stereocenters. The van der Waals surface area contributed by atoms with E-state index in [0.29, 0.717) is 30.5 Å². The Morgan fingerprint density at radius 2 is 1.85 bits per heavy atom. The predicted molar refractivity (Wildman–Crippen MR) is 83.4 cm³/mol. The Morgan fingerprint density at radius 1 is 1.20 bits per heavy atom. The van der Waals surface area contributed by atoms with Crippen LogP contribution in [0.15, 0.2) is 6.07 Å². The third-order valence-corrected chi connectivity index (χ3v) is 3.09. The van der Waals surface area contributed by atoms with Crippen LogP contribution in [0.3, 0.4) is 0 Å². The minimum atomic E-state index is 0.517. The van der Waals surface area contributed by atoms with Gasteiger partial charge in [0, 0.05) is 36.9 Å². The first-order valence-electron chi connectivity index (χ1n) is 7.42. The molecular weight excluding hydrogens is 252 g/mol. The molecule has 0 saturated heterocycles. The summed E-state index contributed by atoms with van der Waals surface area (Å²) in [5.74, 6) is 1.27. The highest BCUT2D eigenvalue weighted by molar-refractivity contribution is 5.30. The van der Waals surface area contributed by atoms with E-state index in [2.05, 4.69) is 47.9 Å². The summed E-state index contributed by atoms with van der Waals surface area (Å²) in [6, 6.07) is 2.90. The van der Waals surface area contributed by atoms with Gasteiger partial charge in [0.2, 0.25) is 11.8 Å². The summed E-state index contributed by atoms with van der Waals surface area (Å²) in [6.07, 6.45) is 0. The monoisotopic (exact) mass is 280 g/mol. The quantitative estimate of drug-likeness (QED) is 0.793. The van der Waals surface area contributed by atoms with Gasteiger partial charge in [-0.2, -0.15) is 4.98 Å². The summed E-state index contributed by atoms with van der Waals surface area (Å²) in [4.78, 5) is 11.1. The van der Waals surface area contributed by atoms with Crippen molar-refractivity contribution in [3.8, 4) is 5.88 Å². The molecule has 0 unspecified atom stereocenters. The maximum absolute atomic E-state index is 5.77. The largest absolute Gasteiger partial charge is 0.476 e. The van der Waals surface area contributed by atoms with Crippen LogP contribution in [0.4, 0.5) is 5.95 Å². The van der Waals surface area contributed by atoms with E-state index >= 15 is 0 Å². The van der Waals surface area contributed by atoms with Gasteiger partial charge < -0.3 is 10.1 Å². The van der Waals surface area contributed by atoms with Gasteiger partial charge in [0.1, 0.15) is 6.61 Å². The molecule has 1 aromatic rings. The highest BCUT2D eigenvalue weighted by atomic mass is 16.5. The van der Waals surface area contributed by atoms with E-state index in [4.69, 9.17) is 4.74 Å². The van der Waals surface area contributed by atoms with Crippen LogP contribution in [0.2, 0.25) is 0 Å². The molecule has 0 radical (unpaired) electrons. The molecule has 20 heavy (non-hydrogen) atoms. The Labute approximate surface area is 122 Å². The molecule has 0 aromatic carbocycles. The van der Waals surface area contributed by atoms with Crippen molar-refractivity contribution in [3.05, 3.63) is 11.8 Å². The minimum Gasteiger partial charge on any atom is -0.476 e. The second-order valence-corrected chi connectivity index (χ2v) is 5.48. The van der Waals surface area contributed by atoms with Crippen molar-refractivity contribution in [1.29, 1.82) is 0 Å². The normalized spacial score (nSPS) is 11.4. The van der Waals surface area contributed by atoms with Gasteiger partial charge in [-0.25, -0.2) is 4.98 Å². The van der Waals surface area contributed by atoms with Crippen LogP contribution in [-0.4, -0.2) is 46.6 Å². The molecule has 114 valence electrons. The molecule has 1 heterocycles. The van der Waals surface area contributed by atoms with Gasteiger partial charge in [0.15, 0.2) is 0 Å². The van der Waals surface area contributed by atoms with Crippen LogP contribution in [0.1, 0.15) is 40.3 Å². The third-order valence-electron chi connectivity index (χ3n) is 3.09. The van der Waals surface area contributed by atoms with Crippen LogP contribution in [0.5, 0.6) is 5.88 Å². The van der Waals surface area contributed by atoms with Crippen molar-refractivity contribution in [2.24, 2.45) is 0 Å². The molecule has 0 aliphatic rings. The SMILES string of the molecule is CCNc1nc(C)cc(OCCN(C(C)C)C(C)C)n1. The van der Waals surface area contributed by atoms with Crippen LogP contribution < -0.4 is 10.1 Å². The van der Waals surface area contributed by atoms with E-state index in [0.717, 1.165) is 18.8 Å². The molecule has 0 bridgehead atoms. The lowest BCUT2D eigenvalue weighted by molar-refractivity contribution is 0.140. The second-order valence-electron chi connectivity index (χ2n) is 5.48. The number of aromatic nitrogens is 2. The van der Waals surface area contributed by atoms with Gasteiger partial charge in [-0.1, -0.05) is 0 Å². The lowest BCUT2D eigenvalue weighted by Gasteiger charge is -2.30. The molecule has 0 amide bonds. The van der Waals surface area contributed by atoms with Crippen LogP contribution in [0.25, 0.3) is 0 Å². The van der Waals surface area contributed by atoms with E-state index in [-0.39, 0.29) is 0 Å². The van der Waals surface area contributed by atoms with Gasteiger partial charge in [-0.15, -0.1) is 0 Å². The number of hydrogen-bond acceptors (Lipinski definition) is 5. The van der Waals surface area contributed by atoms with E-state index in [1.165, 1.54) is 0 Å². The number of nitrogens with one attached hydrogen (secondary N) is 1. The van der Waals surface area contributed by atoms with Crippen LogP contribution in [-0.2, 0) is 0 Å². The number of ether oxygens (including phenoxy) is 1. The van der Waals surface area contributed by atoms with Crippen molar-refractivity contribution in [2.75, 3.05) is 25.0 Å². The molecule has 0 saturated carbocycles. The molecule has 1 rings (SSSR count). The van der Waals surface area contributed by atoms with Gasteiger partial charge >= 0.3 is 0 Å². The number of hydrogen-bond donors (Lipinski definition) is 1. The topological polar surface area (TPSA) is 50.3 Å². The van der Waals surface area contributed by atoms with E-state index in [1.807, 2.05) is 19.9 Å². The third kappa shape index (κ3) is 5.33. The first-order valence-corrected chi connectivity index (χ1v) is 7.42. The molecule has 1 N–H and O–H groups in total. The average Bonchev–Trinajstić information content (AvgIpc) is 2.33. The van der Waals surface area contributed by atoms with Gasteiger partial charge in [0.25, 0.3) is 0 Å². The van der Waals surface area contributed by atoms with Crippen molar-refractivity contribution in [3.63, 3.8) is 0 Å². The molecule has 0 aliphatic heterocycles. The zero-order valence-electron chi connectivity index (χ0n) is 13.6. The summed E-state index contributed by atoms with van der Waals surface area (Å²) in [5, 5.41) is 3.11. The van der Waals surface area contributed by atoms with Gasteiger partial charge in [-0.05, 0) is 41.5 Å². The average molecular weight is 280 g/mol. The number of rotatable bonds is 8. The summed E-state index contributed by atoms with van der Waals surface area (Å²) >= 11 is 0. The fraction of sp³-hybridized carbons (Fsp3) is 0.733.